The van der Waals surface area contributed by atoms with Crippen molar-refractivity contribution in [1.82, 2.24) is 10.2 Å². The lowest BCUT2D eigenvalue weighted by Crippen LogP contribution is -2.37. The van der Waals surface area contributed by atoms with Crippen LogP contribution in [0.3, 0.4) is 0 Å². The fourth-order valence-electron chi connectivity index (χ4n) is 2.08. The van der Waals surface area contributed by atoms with E-state index in [1.165, 1.54) is 12.8 Å². The summed E-state index contributed by atoms with van der Waals surface area (Å²) in [4.78, 5) is 2.15. The van der Waals surface area contributed by atoms with E-state index >= 15 is 0 Å². The van der Waals surface area contributed by atoms with E-state index in [2.05, 4.69) is 22.0 Å². The molecule has 0 amide bonds. The molecule has 1 heterocycles. The molecule has 1 aromatic rings. The molecule has 2 rings (SSSR count). The van der Waals surface area contributed by atoms with Gasteiger partial charge >= 0.3 is 6.01 Å². The highest BCUT2D eigenvalue weighted by molar-refractivity contribution is 5.27. The Hall–Kier alpha value is -1.14. The van der Waals surface area contributed by atoms with Crippen molar-refractivity contribution in [2.45, 2.75) is 32.2 Å². The average molecular weight is 254 g/mol. The molecule has 2 N–H and O–H groups in total. The van der Waals surface area contributed by atoms with Crippen LogP contribution in [0.5, 0.6) is 0 Å². The first-order valence-corrected chi connectivity index (χ1v) is 6.54. The lowest BCUT2D eigenvalue weighted by atomic mass is 10.2. The third-order valence-corrected chi connectivity index (χ3v) is 3.39. The molecule has 1 unspecified atom stereocenters. The maximum atomic E-state index is 5.65. The molecule has 6 nitrogen and oxygen atoms in total. The van der Waals surface area contributed by atoms with Gasteiger partial charge in [-0.15, -0.1) is 5.10 Å². The van der Waals surface area contributed by atoms with E-state index in [1.807, 2.05) is 0 Å². The van der Waals surface area contributed by atoms with Crippen molar-refractivity contribution in [2.24, 2.45) is 11.7 Å². The van der Waals surface area contributed by atoms with Gasteiger partial charge in [-0.3, -0.25) is 0 Å². The van der Waals surface area contributed by atoms with Gasteiger partial charge in [-0.25, -0.2) is 0 Å². The zero-order valence-electron chi connectivity index (χ0n) is 11.1. The van der Waals surface area contributed by atoms with Crippen LogP contribution in [0.1, 0.15) is 25.7 Å². The van der Waals surface area contributed by atoms with Crippen LogP contribution in [0, 0.1) is 5.92 Å². The zero-order chi connectivity index (χ0) is 13.0. The minimum Gasteiger partial charge on any atom is -0.408 e. The molecule has 1 aliphatic rings. The smallest absolute Gasteiger partial charge is 0.318 e. The number of ether oxygens (including phenoxy) is 1. The molecule has 1 aliphatic carbocycles. The van der Waals surface area contributed by atoms with Crippen LogP contribution in [0.25, 0.3) is 0 Å². The van der Waals surface area contributed by atoms with Crippen LogP contribution in [0.2, 0.25) is 0 Å². The predicted molar refractivity (Wildman–Crippen MR) is 68.5 cm³/mol. The first-order chi connectivity index (χ1) is 8.76. The van der Waals surface area contributed by atoms with E-state index in [0.717, 1.165) is 12.5 Å². The molecule has 0 spiro atoms. The molecule has 1 saturated carbocycles. The van der Waals surface area contributed by atoms with Gasteiger partial charge in [0.15, 0.2) is 0 Å². The normalized spacial score (nSPS) is 16.8. The zero-order valence-corrected chi connectivity index (χ0v) is 11.1. The second-order valence-electron chi connectivity index (χ2n) is 4.78. The first kappa shape index (κ1) is 13.3. The molecule has 1 atom stereocenters. The monoisotopic (exact) mass is 254 g/mol. The fourth-order valence-corrected chi connectivity index (χ4v) is 2.08. The van der Waals surface area contributed by atoms with Gasteiger partial charge in [0.05, 0.1) is 6.61 Å². The van der Waals surface area contributed by atoms with Crippen molar-refractivity contribution in [2.75, 3.05) is 31.7 Å². The van der Waals surface area contributed by atoms with Crippen molar-refractivity contribution in [1.29, 1.82) is 0 Å². The van der Waals surface area contributed by atoms with Crippen LogP contribution in [-0.2, 0) is 11.2 Å². The highest BCUT2D eigenvalue weighted by atomic mass is 16.5. The summed E-state index contributed by atoms with van der Waals surface area (Å²) in [6, 6.07) is 1.02. The summed E-state index contributed by atoms with van der Waals surface area (Å²) in [5.41, 5.74) is 5.48. The topological polar surface area (TPSA) is 77.4 Å². The summed E-state index contributed by atoms with van der Waals surface area (Å²) in [6.07, 6.45) is 3.20. The minimum absolute atomic E-state index is 0.423. The first-order valence-electron chi connectivity index (χ1n) is 6.54. The van der Waals surface area contributed by atoms with Gasteiger partial charge < -0.3 is 19.8 Å². The van der Waals surface area contributed by atoms with Gasteiger partial charge in [0, 0.05) is 32.7 Å². The fraction of sp³-hybridized carbons (Fsp3) is 0.833. The number of hydrogen-bond acceptors (Lipinski definition) is 6. The molecule has 0 aromatic carbocycles. The Kier molecular flexibility index (Phi) is 4.54. The van der Waals surface area contributed by atoms with E-state index in [0.29, 0.717) is 37.5 Å². The molecule has 18 heavy (non-hydrogen) atoms. The lowest BCUT2D eigenvalue weighted by Gasteiger charge is -2.26. The third kappa shape index (κ3) is 3.20. The Balaban J connectivity index is 2.05. The summed E-state index contributed by atoms with van der Waals surface area (Å²) in [6.45, 7) is 4.17. The maximum absolute atomic E-state index is 5.65. The number of anilines is 1. The van der Waals surface area contributed by atoms with Crippen molar-refractivity contribution >= 4 is 6.01 Å². The number of aromatic nitrogens is 2. The summed E-state index contributed by atoms with van der Waals surface area (Å²) in [7, 11) is 1.70. The molecule has 1 fully saturated rings. The van der Waals surface area contributed by atoms with Crippen LogP contribution in [0.15, 0.2) is 4.42 Å². The SMILES string of the molecule is COCCN(c1nnc(CCN)o1)C(C)C1CC1. The van der Waals surface area contributed by atoms with E-state index in [-0.39, 0.29) is 0 Å². The highest BCUT2D eigenvalue weighted by Gasteiger charge is 2.34. The number of nitrogens with zero attached hydrogens (tertiary/aromatic N) is 3. The molecule has 1 aromatic heterocycles. The molecular weight excluding hydrogens is 232 g/mol. The molecule has 0 radical (unpaired) electrons. The van der Waals surface area contributed by atoms with Gasteiger partial charge in [-0.2, -0.15) is 0 Å². The van der Waals surface area contributed by atoms with Gasteiger partial charge in [0.2, 0.25) is 5.89 Å². The van der Waals surface area contributed by atoms with Crippen LogP contribution in [0.4, 0.5) is 6.01 Å². The summed E-state index contributed by atoms with van der Waals surface area (Å²) >= 11 is 0. The molecule has 0 saturated heterocycles. The molecule has 6 heteroatoms. The largest absolute Gasteiger partial charge is 0.408 e. The second kappa shape index (κ2) is 6.15. The maximum Gasteiger partial charge on any atom is 0.318 e. The Labute approximate surface area is 107 Å². The average Bonchev–Trinajstić information content (AvgIpc) is 3.12. The summed E-state index contributed by atoms with van der Waals surface area (Å²) in [5, 5.41) is 8.14. The molecule has 0 bridgehead atoms. The van der Waals surface area contributed by atoms with Gasteiger partial charge in [-0.1, -0.05) is 5.10 Å². The third-order valence-electron chi connectivity index (χ3n) is 3.39. The van der Waals surface area contributed by atoms with E-state index in [9.17, 15) is 0 Å². The van der Waals surface area contributed by atoms with E-state index < -0.39 is 0 Å². The predicted octanol–water partition coefficient (Wildman–Crippen LogP) is 0.822. The Bertz CT molecular complexity index is 365. The minimum atomic E-state index is 0.423. The molecule has 102 valence electrons. The van der Waals surface area contributed by atoms with Crippen molar-refractivity contribution in [3.8, 4) is 0 Å². The Morgan fingerprint density at radius 2 is 2.28 bits per heavy atom. The number of methoxy groups -OCH3 is 1. The molecule has 0 aliphatic heterocycles. The van der Waals surface area contributed by atoms with Crippen molar-refractivity contribution < 1.29 is 9.15 Å². The van der Waals surface area contributed by atoms with Crippen LogP contribution >= 0.6 is 0 Å². The number of rotatable bonds is 8. The standard InChI is InChI=1S/C12H22N4O2/c1-9(10-3-4-10)16(7-8-17-2)12-15-14-11(18-12)5-6-13/h9-10H,3-8,13H2,1-2H3. The summed E-state index contributed by atoms with van der Waals surface area (Å²) < 4.78 is 10.8. The Morgan fingerprint density at radius 3 is 2.89 bits per heavy atom. The van der Waals surface area contributed by atoms with Gasteiger partial charge in [0.1, 0.15) is 0 Å². The second-order valence-corrected chi connectivity index (χ2v) is 4.78. The van der Waals surface area contributed by atoms with E-state index in [4.69, 9.17) is 14.9 Å². The quantitative estimate of drug-likeness (QED) is 0.740. The van der Waals surface area contributed by atoms with E-state index in [1.54, 1.807) is 7.11 Å². The Morgan fingerprint density at radius 1 is 1.50 bits per heavy atom. The van der Waals surface area contributed by atoms with Crippen molar-refractivity contribution in [3.05, 3.63) is 5.89 Å². The summed E-state index contributed by atoms with van der Waals surface area (Å²) in [5.74, 6) is 1.35. The highest BCUT2D eigenvalue weighted by Crippen LogP contribution is 2.36. The van der Waals surface area contributed by atoms with Crippen molar-refractivity contribution in [3.63, 3.8) is 0 Å². The van der Waals surface area contributed by atoms with Gasteiger partial charge in [-0.05, 0) is 25.7 Å². The molecular formula is C12H22N4O2. The number of hydrogen-bond donors (Lipinski definition) is 1. The lowest BCUT2D eigenvalue weighted by molar-refractivity contribution is 0.201. The number of nitrogens with two attached hydrogens (primary N) is 1. The van der Waals surface area contributed by atoms with Crippen LogP contribution < -0.4 is 10.6 Å². The van der Waals surface area contributed by atoms with Gasteiger partial charge in [0.25, 0.3) is 0 Å². The van der Waals surface area contributed by atoms with Crippen LogP contribution in [-0.4, -0.2) is 43.0 Å².